The van der Waals surface area contributed by atoms with Crippen molar-refractivity contribution in [2.24, 2.45) is 5.92 Å². The Bertz CT molecular complexity index is 565. The molecule has 2 aliphatic heterocycles. The number of nitrogens with zero attached hydrogens (tertiary/aromatic N) is 2. The number of urea groups is 1. The molecule has 3 amide bonds. The first-order valence-electron chi connectivity index (χ1n) is 7.56. The Morgan fingerprint density at radius 2 is 2.09 bits per heavy atom. The number of carbonyl (C=O) groups excluding carboxylic acids is 2. The molecule has 1 atom stereocenters. The van der Waals surface area contributed by atoms with Crippen LogP contribution in [0.25, 0.3) is 0 Å². The summed E-state index contributed by atoms with van der Waals surface area (Å²) in [4.78, 5) is 30.5. The lowest BCUT2D eigenvalue weighted by molar-refractivity contribution is -0.134. The lowest BCUT2D eigenvalue weighted by atomic mass is 9.74. The molecule has 126 valence electrons. The molecule has 1 aromatic rings. The van der Waals surface area contributed by atoms with E-state index in [1.807, 2.05) is 6.07 Å². The Morgan fingerprint density at radius 1 is 1.35 bits per heavy atom. The first-order valence-corrected chi connectivity index (χ1v) is 7.56. The van der Waals surface area contributed by atoms with Crippen LogP contribution in [-0.4, -0.2) is 53.2 Å². The average Bonchev–Trinajstić information content (AvgIpc) is 2.82. The third-order valence-corrected chi connectivity index (χ3v) is 4.52. The minimum atomic E-state index is -1.07. The minimum absolute atomic E-state index is 0. The minimum Gasteiger partial charge on any atom is -0.395 e. The fourth-order valence-corrected chi connectivity index (χ4v) is 3.46. The van der Waals surface area contributed by atoms with Crippen LogP contribution in [0.15, 0.2) is 24.5 Å². The fourth-order valence-electron chi connectivity index (χ4n) is 3.46. The van der Waals surface area contributed by atoms with E-state index in [1.54, 1.807) is 18.5 Å². The maximum absolute atomic E-state index is 13.0. The summed E-state index contributed by atoms with van der Waals surface area (Å²) in [5.41, 5.74) is -0.358. The number of β-amino-alcohol motifs (C(OH)–C–C–N with tert-alkyl or cyclic N) is 1. The smallest absolute Gasteiger partial charge is 0.325 e. The molecule has 2 saturated heterocycles. The third kappa shape index (κ3) is 2.91. The predicted molar refractivity (Wildman–Crippen MR) is 86.1 cm³/mol. The van der Waals surface area contributed by atoms with Crippen molar-refractivity contribution in [1.29, 1.82) is 0 Å². The standard InChI is InChI=1S/C15H20N4O3.ClH/c20-9-8-19-13(21)15(18-14(19)22,11-3-6-16-7-4-11)12-2-1-5-17-10-12;/h1-2,5,10-11,16,20H,3-4,6-9H2,(H,18,22);1H. The molecule has 0 aliphatic carbocycles. The van der Waals surface area contributed by atoms with Crippen molar-refractivity contribution in [3.8, 4) is 0 Å². The topological polar surface area (TPSA) is 94.6 Å². The van der Waals surface area contributed by atoms with Gasteiger partial charge >= 0.3 is 6.03 Å². The Kier molecular flexibility index (Phi) is 5.56. The summed E-state index contributed by atoms with van der Waals surface area (Å²) in [6.07, 6.45) is 4.89. The van der Waals surface area contributed by atoms with Crippen molar-refractivity contribution in [3.05, 3.63) is 30.1 Å². The summed E-state index contributed by atoms with van der Waals surface area (Å²) >= 11 is 0. The molecule has 8 heteroatoms. The zero-order valence-corrected chi connectivity index (χ0v) is 13.5. The molecule has 0 spiro atoms. The van der Waals surface area contributed by atoms with E-state index in [4.69, 9.17) is 5.11 Å². The first kappa shape index (κ1) is 17.7. The quantitative estimate of drug-likeness (QED) is 0.683. The van der Waals surface area contributed by atoms with Gasteiger partial charge < -0.3 is 15.7 Å². The van der Waals surface area contributed by atoms with Crippen LogP contribution in [0.3, 0.4) is 0 Å². The maximum atomic E-state index is 13.0. The number of piperidine rings is 1. The number of pyridine rings is 1. The van der Waals surface area contributed by atoms with Crippen molar-refractivity contribution < 1.29 is 14.7 Å². The molecule has 0 saturated carbocycles. The number of nitrogens with one attached hydrogen (secondary N) is 2. The number of hydrogen-bond donors (Lipinski definition) is 3. The first-order chi connectivity index (χ1) is 10.7. The van der Waals surface area contributed by atoms with Gasteiger partial charge in [0, 0.05) is 18.0 Å². The van der Waals surface area contributed by atoms with Gasteiger partial charge in [-0.05, 0) is 37.9 Å². The lowest BCUT2D eigenvalue weighted by Crippen LogP contribution is -2.53. The molecular weight excluding hydrogens is 320 g/mol. The van der Waals surface area contributed by atoms with Gasteiger partial charge in [-0.3, -0.25) is 14.7 Å². The Morgan fingerprint density at radius 3 is 2.70 bits per heavy atom. The van der Waals surface area contributed by atoms with Gasteiger partial charge in [0.25, 0.3) is 5.91 Å². The van der Waals surface area contributed by atoms with E-state index >= 15 is 0 Å². The van der Waals surface area contributed by atoms with Gasteiger partial charge in [-0.15, -0.1) is 12.4 Å². The zero-order chi connectivity index (χ0) is 15.6. The van der Waals surface area contributed by atoms with E-state index < -0.39 is 11.6 Å². The second kappa shape index (κ2) is 7.25. The van der Waals surface area contributed by atoms with Crippen LogP contribution in [0.2, 0.25) is 0 Å². The van der Waals surface area contributed by atoms with Gasteiger partial charge in [-0.1, -0.05) is 6.07 Å². The van der Waals surface area contributed by atoms with Gasteiger partial charge in [0.2, 0.25) is 0 Å². The highest BCUT2D eigenvalue weighted by atomic mass is 35.5. The summed E-state index contributed by atoms with van der Waals surface area (Å²) < 4.78 is 0. The van der Waals surface area contributed by atoms with Crippen molar-refractivity contribution in [2.45, 2.75) is 18.4 Å². The Labute approximate surface area is 140 Å². The number of imide groups is 1. The summed E-state index contributed by atoms with van der Waals surface area (Å²) in [6, 6.07) is 3.16. The molecule has 0 radical (unpaired) electrons. The van der Waals surface area contributed by atoms with Crippen molar-refractivity contribution in [3.63, 3.8) is 0 Å². The normalized spacial score (nSPS) is 25.2. The molecule has 0 aromatic carbocycles. The van der Waals surface area contributed by atoms with E-state index in [0.29, 0.717) is 5.56 Å². The highest BCUT2D eigenvalue weighted by molar-refractivity contribution is 6.07. The van der Waals surface area contributed by atoms with Crippen LogP contribution in [0, 0.1) is 5.92 Å². The number of rotatable bonds is 4. The largest absolute Gasteiger partial charge is 0.395 e. The molecule has 2 aliphatic rings. The molecule has 7 nitrogen and oxygen atoms in total. The lowest BCUT2D eigenvalue weighted by Gasteiger charge is -2.37. The van der Waals surface area contributed by atoms with Crippen LogP contribution >= 0.6 is 12.4 Å². The van der Waals surface area contributed by atoms with Gasteiger partial charge in [-0.25, -0.2) is 4.79 Å². The molecular formula is C15H21ClN4O3. The van der Waals surface area contributed by atoms with Crippen molar-refractivity contribution >= 4 is 24.3 Å². The van der Waals surface area contributed by atoms with Crippen LogP contribution in [0.1, 0.15) is 18.4 Å². The van der Waals surface area contributed by atoms with E-state index in [-0.39, 0.29) is 37.4 Å². The Balaban J connectivity index is 0.00000192. The highest BCUT2D eigenvalue weighted by Crippen LogP contribution is 2.40. The Hall–Kier alpha value is -1.70. The molecule has 3 N–H and O–H groups in total. The number of aliphatic hydroxyl groups is 1. The summed E-state index contributed by atoms with van der Waals surface area (Å²) in [7, 11) is 0. The second-order valence-electron chi connectivity index (χ2n) is 5.68. The summed E-state index contributed by atoms with van der Waals surface area (Å²) in [6.45, 7) is 1.40. The van der Waals surface area contributed by atoms with Gasteiger partial charge in [0.15, 0.2) is 5.54 Å². The number of aromatic nitrogens is 1. The van der Waals surface area contributed by atoms with E-state index in [9.17, 15) is 9.59 Å². The number of halogens is 1. The molecule has 2 fully saturated rings. The predicted octanol–water partition coefficient (Wildman–Crippen LogP) is 0.242. The monoisotopic (exact) mass is 340 g/mol. The molecule has 1 aromatic heterocycles. The maximum Gasteiger partial charge on any atom is 0.325 e. The van der Waals surface area contributed by atoms with Gasteiger partial charge in [0.1, 0.15) is 0 Å². The van der Waals surface area contributed by atoms with Gasteiger partial charge in [-0.2, -0.15) is 0 Å². The van der Waals surface area contributed by atoms with Gasteiger partial charge in [0.05, 0.1) is 13.2 Å². The SMILES string of the molecule is Cl.O=C1NC(c2cccnc2)(C2CCNCC2)C(=O)N1CCO. The molecule has 3 rings (SSSR count). The molecule has 1 unspecified atom stereocenters. The number of amides is 3. The van der Waals surface area contributed by atoms with E-state index in [2.05, 4.69) is 15.6 Å². The van der Waals surface area contributed by atoms with E-state index in [0.717, 1.165) is 30.8 Å². The molecule has 23 heavy (non-hydrogen) atoms. The van der Waals surface area contributed by atoms with Crippen molar-refractivity contribution in [1.82, 2.24) is 20.5 Å². The van der Waals surface area contributed by atoms with Crippen LogP contribution in [0.4, 0.5) is 4.79 Å². The van der Waals surface area contributed by atoms with Crippen LogP contribution in [-0.2, 0) is 10.3 Å². The molecule has 0 bridgehead atoms. The number of carbonyl (C=O) groups is 2. The number of aliphatic hydroxyl groups excluding tert-OH is 1. The van der Waals surface area contributed by atoms with Crippen LogP contribution < -0.4 is 10.6 Å². The van der Waals surface area contributed by atoms with E-state index in [1.165, 1.54) is 0 Å². The van der Waals surface area contributed by atoms with Crippen LogP contribution in [0.5, 0.6) is 0 Å². The second-order valence-corrected chi connectivity index (χ2v) is 5.68. The number of hydrogen-bond acceptors (Lipinski definition) is 5. The molecule has 3 heterocycles. The summed E-state index contributed by atoms with van der Waals surface area (Å²) in [5.74, 6) is -0.274. The average molecular weight is 341 g/mol. The highest BCUT2D eigenvalue weighted by Gasteiger charge is 2.56. The van der Waals surface area contributed by atoms with Crippen molar-refractivity contribution in [2.75, 3.05) is 26.2 Å². The summed E-state index contributed by atoms with van der Waals surface area (Å²) in [5, 5.41) is 15.3. The fraction of sp³-hybridized carbons (Fsp3) is 0.533. The third-order valence-electron chi connectivity index (χ3n) is 4.52. The zero-order valence-electron chi connectivity index (χ0n) is 12.7.